The molecule has 0 radical (unpaired) electrons. The molecule has 0 saturated heterocycles. The van der Waals surface area contributed by atoms with Crippen LogP contribution in [0.15, 0.2) is 0 Å². The van der Waals surface area contributed by atoms with Gasteiger partial charge in [0.2, 0.25) is 0 Å². The van der Waals surface area contributed by atoms with E-state index in [0.717, 1.165) is 12.8 Å². The molecule has 0 aliphatic carbocycles. The molecule has 0 aliphatic heterocycles. The van der Waals surface area contributed by atoms with Crippen molar-refractivity contribution in [2.75, 3.05) is 13.1 Å². The van der Waals surface area contributed by atoms with E-state index in [1.165, 1.54) is 0 Å². The Hall–Kier alpha value is -0.980. The van der Waals surface area contributed by atoms with Crippen molar-refractivity contribution in [3.8, 4) is 0 Å². The average molecular weight is 256 g/mol. The standard InChI is InChI=1S/C10H19F3N2O2/c1-3-7(4-2)8(16)5-14-9(17)15-6-10(11,12)13/h7-8,16H,3-6H2,1-2H3,(H2,14,15,17). The summed E-state index contributed by atoms with van der Waals surface area (Å²) < 4.78 is 35.3. The van der Waals surface area contributed by atoms with Crippen molar-refractivity contribution in [2.45, 2.75) is 39.0 Å². The fourth-order valence-electron chi connectivity index (χ4n) is 1.44. The molecule has 0 saturated carbocycles. The number of alkyl halides is 3. The largest absolute Gasteiger partial charge is 0.405 e. The van der Waals surface area contributed by atoms with Crippen LogP contribution in [0.5, 0.6) is 0 Å². The zero-order valence-electron chi connectivity index (χ0n) is 9.97. The first kappa shape index (κ1) is 16.0. The van der Waals surface area contributed by atoms with E-state index in [9.17, 15) is 23.1 Å². The first-order valence-electron chi connectivity index (χ1n) is 5.56. The van der Waals surface area contributed by atoms with Crippen LogP contribution in [0.25, 0.3) is 0 Å². The van der Waals surface area contributed by atoms with Crippen LogP contribution in [0, 0.1) is 5.92 Å². The lowest BCUT2D eigenvalue weighted by Crippen LogP contribution is -2.44. The van der Waals surface area contributed by atoms with Gasteiger partial charge in [-0.2, -0.15) is 13.2 Å². The average Bonchev–Trinajstić information content (AvgIpc) is 2.24. The first-order chi connectivity index (χ1) is 7.80. The van der Waals surface area contributed by atoms with Crippen molar-refractivity contribution in [3.63, 3.8) is 0 Å². The lowest BCUT2D eigenvalue weighted by atomic mass is 9.97. The maximum atomic E-state index is 11.8. The number of carbonyl (C=O) groups is 1. The topological polar surface area (TPSA) is 61.4 Å². The molecule has 0 heterocycles. The number of amides is 2. The highest BCUT2D eigenvalue weighted by Crippen LogP contribution is 2.13. The number of carbonyl (C=O) groups excluding carboxylic acids is 1. The Morgan fingerprint density at radius 1 is 1.24 bits per heavy atom. The summed E-state index contributed by atoms with van der Waals surface area (Å²) in [5.41, 5.74) is 0. The second-order valence-corrected chi connectivity index (χ2v) is 3.82. The van der Waals surface area contributed by atoms with Crippen molar-refractivity contribution in [1.82, 2.24) is 10.6 Å². The van der Waals surface area contributed by atoms with Crippen LogP contribution in [-0.4, -0.2) is 36.5 Å². The van der Waals surface area contributed by atoms with Crippen LogP contribution in [0.3, 0.4) is 0 Å². The van der Waals surface area contributed by atoms with Gasteiger partial charge >= 0.3 is 12.2 Å². The maximum absolute atomic E-state index is 11.8. The summed E-state index contributed by atoms with van der Waals surface area (Å²) in [6.45, 7) is 2.39. The molecular formula is C10H19F3N2O2. The lowest BCUT2D eigenvalue weighted by Gasteiger charge is -2.20. The molecule has 2 amide bonds. The van der Waals surface area contributed by atoms with Crippen LogP contribution in [0.4, 0.5) is 18.0 Å². The Morgan fingerprint density at radius 3 is 2.18 bits per heavy atom. The molecule has 0 fully saturated rings. The van der Waals surface area contributed by atoms with E-state index in [1.54, 1.807) is 5.32 Å². The van der Waals surface area contributed by atoms with E-state index in [-0.39, 0.29) is 12.5 Å². The Kier molecular flexibility index (Phi) is 6.94. The van der Waals surface area contributed by atoms with Crippen molar-refractivity contribution in [1.29, 1.82) is 0 Å². The molecule has 0 aromatic carbocycles. The fourth-order valence-corrected chi connectivity index (χ4v) is 1.44. The smallest absolute Gasteiger partial charge is 0.391 e. The summed E-state index contributed by atoms with van der Waals surface area (Å²) in [4.78, 5) is 11.0. The molecule has 0 aliphatic rings. The third kappa shape index (κ3) is 7.84. The third-order valence-electron chi connectivity index (χ3n) is 2.51. The van der Waals surface area contributed by atoms with E-state index in [4.69, 9.17) is 0 Å². The quantitative estimate of drug-likeness (QED) is 0.676. The van der Waals surface area contributed by atoms with Gasteiger partial charge in [0.15, 0.2) is 0 Å². The third-order valence-corrected chi connectivity index (χ3v) is 2.51. The Labute approximate surface area is 98.6 Å². The SMILES string of the molecule is CCC(CC)C(O)CNC(=O)NCC(F)(F)F. The maximum Gasteiger partial charge on any atom is 0.405 e. The minimum Gasteiger partial charge on any atom is -0.391 e. The van der Waals surface area contributed by atoms with E-state index >= 15 is 0 Å². The molecule has 4 nitrogen and oxygen atoms in total. The van der Waals surface area contributed by atoms with E-state index < -0.39 is 24.9 Å². The van der Waals surface area contributed by atoms with Crippen LogP contribution in [0.2, 0.25) is 0 Å². The minimum atomic E-state index is -4.43. The molecule has 17 heavy (non-hydrogen) atoms. The monoisotopic (exact) mass is 256 g/mol. The predicted octanol–water partition coefficient (Wildman–Crippen LogP) is 1.64. The lowest BCUT2D eigenvalue weighted by molar-refractivity contribution is -0.122. The summed E-state index contributed by atoms with van der Waals surface area (Å²) in [6, 6.07) is -0.924. The van der Waals surface area contributed by atoms with Gasteiger partial charge in [-0.3, -0.25) is 0 Å². The number of aliphatic hydroxyl groups excluding tert-OH is 1. The molecule has 1 atom stereocenters. The van der Waals surface area contributed by atoms with Crippen LogP contribution in [0.1, 0.15) is 26.7 Å². The molecular weight excluding hydrogens is 237 g/mol. The van der Waals surface area contributed by atoms with Crippen LogP contribution in [-0.2, 0) is 0 Å². The van der Waals surface area contributed by atoms with Crippen LogP contribution < -0.4 is 10.6 Å². The van der Waals surface area contributed by atoms with Gasteiger partial charge in [0, 0.05) is 6.54 Å². The Morgan fingerprint density at radius 2 is 1.76 bits per heavy atom. The number of hydrogen-bond donors (Lipinski definition) is 3. The fraction of sp³-hybridized carbons (Fsp3) is 0.900. The highest BCUT2D eigenvalue weighted by atomic mass is 19.4. The minimum absolute atomic E-state index is 0.0397. The molecule has 0 aromatic heterocycles. The van der Waals surface area contributed by atoms with Crippen LogP contribution >= 0.6 is 0 Å². The van der Waals surface area contributed by atoms with Gasteiger partial charge in [-0.15, -0.1) is 0 Å². The molecule has 1 unspecified atom stereocenters. The number of urea groups is 1. The molecule has 7 heteroatoms. The zero-order chi connectivity index (χ0) is 13.5. The summed E-state index contributed by atoms with van der Waals surface area (Å²) in [5, 5.41) is 13.5. The second kappa shape index (κ2) is 7.37. The van der Waals surface area contributed by atoms with Gasteiger partial charge < -0.3 is 15.7 Å². The summed E-state index contributed by atoms with van der Waals surface area (Å²) in [7, 11) is 0. The van der Waals surface area contributed by atoms with Gasteiger partial charge in [-0.1, -0.05) is 26.7 Å². The van der Waals surface area contributed by atoms with Gasteiger partial charge in [0.1, 0.15) is 6.54 Å². The summed E-state index contributed by atoms with van der Waals surface area (Å²) in [6.07, 6.45) is -3.65. The molecule has 0 aromatic rings. The van der Waals surface area contributed by atoms with Crippen molar-refractivity contribution in [3.05, 3.63) is 0 Å². The van der Waals surface area contributed by atoms with Gasteiger partial charge in [-0.05, 0) is 5.92 Å². The first-order valence-corrected chi connectivity index (χ1v) is 5.56. The number of hydrogen-bond acceptors (Lipinski definition) is 2. The van der Waals surface area contributed by atoms with Gasteiger partial charge in [-0.25, -0.2) is 4.79 Å². The predicted molar refractivity (Wildman–Crippen MR) is 57.5 cm³/mol. The molecule has 0 rings (SSSR count). The second-order valence-electron chi connectivity index (χ2n) is 3.82. The summed E-state index contributed by atoms with van der Waals surface area (Å²) >= 11 is 0. The normalized spacial score (nSPS) is 13.6. The van der Waals surface area contributed by atoms with Crippen molar-refractivity contribution < 1.29 is 23.1 Å². The van der Waals surface area contributed by atoms with Gasteiger partial charge in [0.25, 0.3) is 0 Å². The Balaban J connectivity index is 3.84. The number of halogens is 3. The van der Waals surface area contributed by atoms with Crippen molar-refractivity contribution >= 4 is 6.03 Å². The van der Waals surface area contributed by atoms with Crippen molar-refractivity contribution in [2.24, 2.45) is 5.92 Å². The highest BCUT2D eigenvalue weighted by molar-refractivity contribution is 5.73. The van der Waals surface area contributed by atoms with E-state index in [1.807, 2.05) is 13.8 Å². The van der Waals surface area contributed by atoms with E-state index in [2.05, 4.69) is 5.32 Å². The molecule has 0 bridgehead atoms. The highest BCUT2D eigenvalue weighted by Gasteiger charge is 2.27. The summed E-state index contributed by atoms with van der Waals surface area (Å²) in [5.74, 6) is 0.0397. The number of nitrogens with one attached hydrogen (secondary N) is 2. The number of aliphatic hydroxyl groups is 1. The van der Waals surface area contributed by atoms with Gasteiger partial charge in [0.05, 0.1) is 6.10 Å². The molecule has 102 valence electrons. The molecule has 0 spiro atoms. The zero-order valence-corrected chi connectivity index (χ0v) is 9.97. The number of rotatable bonds is 6. The molecule has 3 N–H and O–H groups in total. The van der Waals surface area contributed by atoms with E-state index in [0.29, 0.717) is 0 Å². The Bertz CT molecular complexity index is 230.